The van der Waals surface area contributed by atoms with Crippen molar-refractivity contribution in [3.8, 4) is 0 Å². The molecule has 0 radical (unpaired) electrons. The van der Waals surface area contributed by atoms with Gasteiger partial charge in [-0.1, -0.05) is 64.0 Å². The van der Waals surface area contributed by atoms with E-state index in [1.54, 1.807) is 11.1 Å². The molecule has 0 fully saturated rings. The monoisotopic (exact) mass is 224 g/mol. The predicted octanol–water partition coefficient (Wildman–Crippen LogP) is 6.26. The molecule has 0 saturated carbocycles. The third-order valence-corrected chi connectivity index (χ3v) is 3.39. The van der Waals surface area contributed by atoms with Gasteiger partial charge >= 0.3 is 0 Å². The smallest absolute Gasteiger partial charge is 0.0318 e. The molecule has 0 heterocycles. The van der Waals surface area contributed by atoms with Gasteiger partial charge in [-0.15, -0.1) is 0 Å². The highest BCUT2D eigenvalue weighted by atomic mass is 14.1. The molecule has 0 aromatic carbocycles. The summed E-state index contributed by atoms with van der Waals surface area (Å²) in [6, 6.07) is 0. The van der Waals surface area contributed by atoms with Crippen molar-refractivity contribution < 1.29 is 0 Å². The van der Waals surface area contributed by atoms with Crippen LogP contribution < -0.4 is 0 Å². The maximum atomic E-state index is 2.36. The Labute approximate surface area is 104 Å². The molecule has 96 valence electrons. The summed E-state index contributed by atoms with van der Waals surface area (Å²) in [4.78, 5) is 0. The lowest BCUT2D eigenvalue weighted by molar-refractivity contribution is 0.648. The van der Waals surface area contributed by atoms with Crippen molar-refractivity contribution >= 4 is 0 Å². The van der Waals surface area contributed by atoms with Gasteiger partial charge in [0.1, 0.15) is 0 Å². The van der Waals surface area contributed by atoms with Crippen LogP contribution in [0.3, 0.4) is 0 Å². The van der Waals surface area contributed by atoms with E-state index in [0.717, 1.165) is 0 Å². The molecule has 0 aliphatic carbocycles. The second-order valence-electron chi connectivity index (χ2n) is 5.05. The minimum atomic E-state index is 1.30. The van der Waals surface area contributed by atoms with E-state index in [1.807, 2.05) is 0 Å². The van der Waals surface area contributed by atoms with Gasteiger partial charge in [0.15, 0.2) is 0 Å². The lowest BCUT2D eigenvalue weighted by Crippen LogP contribution is -1.92. The van der Waals surface area contributed by atoms with E-state index in [4.69, 9.17) is 0 Å². The van der Waals surface area contributed by atoms with Gasteiger partial charge in [-0.05, 0) is 39.0 Å². The largest absolute Gasteiger partial charge is 0.0741 e. The molecule has 0 atom stereocenters. The molecule has 0 N–H and O–H groups in total. The predicted molar refractivity (Wildman–Crippen MR) is 75.9 cm³/mol. The molecule has 0 aliphatic rings. The van der Waals surface area contributed by atoms with E-state index in [0.29, 0.717) is 0 Å². The summed E-state index contributed by atoms with van der Waals surface area (Å²) >= 11 is 0. The van der Waals surface area contributed by atoms with Crippen LogP contribution in [0.5, 0.6) is 0 Å². The molecule has 0 unspecified atom stereocenters. The molecule has 0 spiro atoms. The van der Waals surface area contributed by atoms with Crippen LogP contribution in [0.25, 0.3) is 0 Å². The highest BCUT2D eigenvalue weighted by Gasteiger charge is 2.02. The minimum absolute atomic E-state index is 1.30. The molecule has 0 aromatic rings. The van der Waals surface area contributed by atoms with Crippen molar-refractivity contribution in [2.24, 2.45) is 0 Å². The van der Waals surface area contributed by atoms with Gasteiger partial charge in [0.25, 0.3) is 0 Å². The number of unbranched alkanes of at least 4 members (excludes halogenated alkanes) is 4. The minimum Gasteiger partial charge on any atom is -0.0741 e. The van der Waals surface area contributed by atoms with E-state index in [-0.39, 0.29) is 0 Å². The first-order valence-electron chi connectivity index (χ1n) is 7.43. The van der Waals surface area contributed by atoms with E-state index in [1.165, 1.54) is 64.2 Å². The third-order valence-electron chi connectivity index (χ3n) is 3.39. The molecular weight excluding hydrogens is 192 g/mol. The Morgan fingerprint density at radius 2 is 1.12 bits per heavy atom. The molecule has 0 rings (SSSR count). The molecule has 0 aromatic heterocycles. The molecule has 0 saturated heterocycles. The fourth-order valence-corrected chi connectivity index (χ4v) is 2.28. The number of hydrogen-bond donors (Lipinski definition) is 0. The van der Waals surface area contributed by atoms with Crippen molar-refractivity contribution in [3.05, 3.63) is 11.1 Å². The Hall–Kier alpha value is -0.260. The summed E-state index contributed by atoms with van der Waals surface area (Å²) in [5, 5.41) is 0. The van der Waals surface area contributed by atoms with Gasteiger partial charge < -0.3 is 0 Å². The van der Waals surface area contributed by atoms with Gasteiger partial charge in [-0.2, -0.15) is 0 Å². The van der Waals surface area contributed by atoms with Crippen molar-refractivity contribution in [3.63, 3.8) is 0 Å². The van der Waals surface area contributed by atoms with Crippen LogP contribution in [0.1, 0.15) is 91.9 Å². The quantitative estimate of drug-likeness (QED) is 0.303. The lowest BCUT2D eigenvalue weighted by atomic mass is 9.95. The molecule has 16 heavy (non-hydrogen) atoms. The van der Waals surface area contributed by atoms with Crippen molar-refractivity contribution in [1.82, 2.24) is 0 Å². The van der Waals surface area contributed by atoms with Crippen LogP contribution in [0.4, 0.5) is 0 Å². The number of allylic oxidation sites excluding steroid dienone is 2. The third kappa shape index (κ3) is 7.96. The Kier molecular flexibility index (Phi) is 11.0. The first-order chi connectivity index (χ1) is 7.76. The maximum absolute atomic E-state index is 2.36. The molecule has 0 aliphatic heterocycles. The molecule has 0 nitrogen and oxygen atoms in total. The van der Waals surface area contributed by atoms with E-state index < -0.39 is 0 Å². The van der Waals surface area contributed by atoms with Crippen LogP contribution in [0.2, 0.25) is 0 Å². The SMILES string of the molecule is CCCCCC(CCCCC)=C(C)CCC. The normalized spacial score (nSPS) is 10.5. The van der Waals surface area contributed by atoms with Crippen LogP contribution in [-0.4, -0.2) is 0 Å². The van der Waals surface area contributed by atoms with Gasteiger partial charge in [0, 0.05) is 0 Å². The number of rotatable bonds is 10. The second kappa shape index (κ2) is 11.2. The second-order valence-corrected chi connectivity index (χ2v) is 5.05. The standard InChI is InChI=1S/C16H32/c1-5-8-10-13-16(14-11-9-6-2)15(4)12-7-3/h5-14H2,1-4H3. The highest BCUT2D eigenvalue weighted by molar-refractivity contribution is 5.12. The summed E-state index contributed by atoms with van der Waals surface area (Å²) in [6.45, 7) is 9.23. The fraction of sp³-hybridized carbons (Fsp3) is 0.875. The van der Waals surface area contributed by atoms with Crippen LogP contribution in [-0.2, 0) is 0 Å². The van der Waals surface area contributed by atoms with Gasteiger partial charge in [0.2, 0.25) is 0 Å². The van der Waals surface area contributed by atoms with Crippen LogP contribution in [0, 0.1) is 0 Å². The summed E-state index contributed by atoms with van der Waals surface area (Å²) in [5.41, 5.74) is 3.47. The summed E-state index contributed by atoms with van der Waals surface area (Å²) in [5.74, 6) is 0. The zero-order valence-corrected chi connectivity index (χ0v) is 12.1. The summed E-state index contributed by atoms with van der Waals surface area (Å²) in [7, 11) is 0. The van der Waals surface area contributed by atoms with Crippen molar-refractivity contribution in [2.75, 3.05) is 0 Å². The Morgan fingerprint density at radius 1 is 0.625 bits per heavy atom. The Balaban J connectivity index is 4.09. The average Bonchev–Trinajstić information content (AvgIpc) is 2.28. The maximum Gasteiger partial charge on any atom is -0.0318 e. The van der Waals surface area contributed by atoms with Gasteiger partial charge in [-0.25, -0.2) is 0 Å². The Morgan fingerprint density at radius 3 is 1.50 bits per heavy atom. The van der Waals surface area contributed by atoms with Crippen molar-refractivity contribution in [1.29, 1.82) is 0 Å². The van der Waals surface area contributed by atoms with Crippen LogP contribution >= 0.6 is 0 Å². The molecule has 0 bridgehead atoms. The molecule has 0 amide bonds. The van der Waals surface area contributed by atoms with Gasteiger partial charge in [-0.3, -0.25) is 0 Å². The highest BCUT2D eigenvalue weighted by Crippen LogP contribution is 2.22. The molecular formula is C16H32. The fourth-order valence-electron chi connectivity index (χ4n) is 2.28. The Bertz CT molecular complexity index is 164. The van der Waals surface area contributed by atoms with Crippen molar-refractivity contribution in [2.45, 2.75) is 91.9 Å². The summed E-state index contributed by atoms with van der Waals surface area (Å²) in [6.07, 6.45) is 13.6. The topological polar surface area (TPSA) is 0 Å². The first-order valence-corrected chi connectivity index (χ1v) is 7.43. The van der Waals surface area contributed by atoms with E-state index in [9.17, 15) is 0 Å². The zero-order chi connectivity index (χ0) is 12.2. The van der Waals surface area contributed by atoms with E-state index >= 15 is 0 Å². The summed E-state index contributed by atoms with van der Waals surface area (Å²) < 4.78 is 0. The van der Waals surface area contributed by atoms with E-state index in [2.05, 4.69) is 27.7 Å². The van der Waals surface area contributed by atoms with Crippen LogP contribution in [0.15, 0.2) is 11.1 Å². The first kappa shape index (κ1) is 15.7. The average molecular weight is 224 g/mol. The number of hydrogen-bond acceptors (Lipinski definition) is 0. The van der Waals surface area contributed by atoms with Gasteiger partial charge in [0.05, 0.1) is 0 Å². The zero-order valence-electron chi connectivity index (χ0n) is 12.1. The lowest BCUT2D eigenvalue weighted by Gasteiger charge is -2.12. The molecule has 0 heteroatoms.